The summed E-state index contributed by atoms with van der Waals surface area (Å²) in [4.78, 5) is 4.49. The van der Waals surface area contributed by atoms with E-state index in [2.05, 4.69) is 24.1 Å². The number of nitrogens with one attached hydrogen (secondary N) is 1. The molecular formula is C15H20N2O. The molecule has 18 heavy (non-hydrogen) atoms. The Morgan fingerprint density at radius 1 is 1.22 bits per heavy atom. The van der Waals surface area contributed by atoms with Crippen molar-refractivity contribution < 1.29 is 4.42 Å². The lowest BCUT2D eigenvalue weighted by molar-refractivity contribution is 0.250. The summed E-state index contributed by atoms with van der Waals surface area (Å²) in [6.07, 6.45) is 3.85. The second kappa shape index (κ2) is 4.63. The third kappa shape index (κ3) is 2.09. The van der Waals surface area contributed by atoms with E-state index in [-0.39, 0.29) is 0 Å². The zero-order valence-corrected chi connectivity index (χ0v) is 11.0. The van der Waals surface area contributed by atoms with Gasteiger partial charge in [-0.1, -0.05) is 38.8 Å². The van der Waals surface area contributed by atoms with Crippen molar-refractivity contribution in [3.63, 3.8) is 0 Å². The highest BCUT2D eigenvalue weighted by atomic mass is 16.4. The number of benzene rings is 1. The molecule has 1 aromatic carbocycles. The molecule has 0 saturated heterocycles. The summed E-state index contributed by atoms with van der Waals surface area (Å²) < 4.78 is 5.73. The smallest absolute Gasteiger partial charge is 0.295 e. The molecule has 1 saturated carbocycles. The van der Waals surface area contributed by atoms with Gasteiger partial charge in [0.2, 0.25) is 0 Å². The van der Waals surface area contributed by atoms with Crippen LogP contribution in [0.3, 0.4) is 0 Å². The van der Waals surface area contributed by atoms with Crippen LogP contribution in [0, 0.1) is 11.8 Å². The number of fused-ring (bicyclic) bond motifs is 1. The van der Waals surface area contributed by atoms with Crippen LogP contribution in [-0.2, 0) is 0 Å². The quantitative estimate of drug-likeness (QED) is 0.865. The first kappa shape index (κ1) is 11.6. The van der Waals surface area contributed by atoms with Gasteiger partial charge in [-0.2, -0.15) is 4.98 Å². The number of aromatic nitrogens is 1. The van der Waals surface area contributed by atoms with E-state index >= 15 is 0 Å². The molecule has 1 fully saturated rings. The van der Waals surface area contributed by atoms with Gasteiger partial charge in [-0.15, -0.1) is 0 Å². The van der Waals surface area contributed by atoms with Crippen LogP contribution in [0.2, 0.25) is 0 Å². The van der Waals surface area contributed by atoms with E-state index in [1.807, 2.05) is 24.3 Å². The number of para-hydroxylation sites is 2. The van der Waals surface area contributed by atoms with Gasteiger partial charge in [-0.25, -0.2) is 0 Å². The molecule has 1 heterocycles. The fourth-order valence-electron chi connectivity index (χ4n) is 2.88. The predicted molar refractivity (Wildman–Crippen MR) is 73.6 cm³/mol. The lowest BCUT2D eigenvalue weighted by Crippen LogP contribution is -2.35. The Labute approximate surface area is 108 Å². The van der Waals surface area contributed by atoms with Crippen molar-refractivity contribution in [2.45, 2.75) is 39.2 Å². The number of hydrogen-bond acceptors (Lipinski definition) is 3. The van der Waals surface area contributed by atoms with E-state index in [1.54, 1.807) is 0 Å². The molecule has 0 amide bonds. The van der Waals surface area contributed by atoms with Gasteiger partial charge in [0, 0.05) is 6.04 Å². The monoisotopic (exact) mass is 244 g/mol. The summed E-state index contributed by atoms with van der Waals surface area (Å²) in [5, 5.41) is 3.47. The largest absolute Gasteiger partial charge is 0.424 e. The van der Waals surface area contributed by atoms with E-state index in [9.17, 15) is 0 Å². The maximum absolute atomic E-state index is 5.73. The van der Waals surface area contributed by atoms with Gasteiger partial charge in [0.15, 0.2) is 5.58 Å². The third-order valence-corrected chi connectivity index (χ3v) is 4.31. The van der Waals surface area contributed by atoms with Gasteiger partial charge in [-0.05, 0) is 30.4 Å². The summed E-state index contributed by atoms with van der Waals surface area (Å²) in [6, 6.07) is 9.06. The van der Waals surface area contributed by atoms with Crippen molar-refractivity contribution in [2.24, 2.45) is 11.8 Å². The Kier molecular flexibility index (Phi) is 2.98. The molecular weight excluding hydrogens is 224 g/mol. The van der Waals surface area contributed by atoms with E-state index in [0.717, 1.165) is 17.0 Å². The molecule has 0 unspecified atom stereocenters. The molecule has 3 heteroatoms. The average Bonchev–Trinajstić information content (AvgIpc) is 2.77. The van der Waals surface area contributed by atoms with Crippen molar-refractivity contribution in [2.75, 3.05) is 5.32 Å². The predicted octanol–water partition coefficient (Wildman–Crippen LogP) is 4.06. The van der Waals surface area contributed by atoms with Gasteiger partial charge < -0.3 is 9.73 Å². The first-order chi connectivity index (χ1) is 8.74. The highest BCUT2D eigenvalue weighted by molar-refractivity contribution is 5.74. The van der Waals surface area contributed by atoms with Crippen LogP contribution in [0.25, 0.3) is 11.1 Å². The van der Waals surface area contributed by atoms with Crippen molar-refractivity contribution in [3.05, 3.63) is 24.3 Å². The van der Waals surface area contributed by atoms with E-state index in [0.29, 0.717) is 18.0 Å². The highest BCUT2D eigenvalue weighted by Gasteiger charge is 2.27. The molecule has 2 aromatic rings. The fraction of sp³-hybridized carbons (Fsp3) is 0.533. The molecule has 3 rings (SSSR count). The van der Waals surface area contributed by atoms with E-state index < -0.39 is 0 Å². The summed E-state index contributed by atoms with van der Waals surface area (Å²) >= 11 is 0. The van der Waals surface area contributed by atoms with E-state index in [1.165, 1.54) is 19.3 Å². The first-order valence-corrected chi connectivity index (χ1v) is 6.86. The second-order valence-electron chi connectivity index (χ2n) is 5.50. The maximum atomic E-state index is 5.73. The summed E-state index contributed by atoms with van der Waals surface area (Å²) in [6.45, 7) is 4.66. The van der Waals surface area contributed by atoms with Gasteiger partial charge in [0.1, 0.15) is 5.52 Å². The Morgan fingerprint density at radius 3 is 2.89 bits per heavy atom. The third-order valence-electron chi connectivity index (χ3n) is 4.31. The first-order valence-electron chi connectivity index (χ1n) is 6.86. The normalized spacial score (nSPS) is 28.4. The Morgan fingerprint density at radius 2 is 2.06 bits per heavy atom. The SMILES string of the molecule is C[C@@H]1[C@H](C)CCC[C@H]1Nc1nc2ccccc2o1. The molecule has 0 spiro atoms. The summed E-state index contributed by atoms with van der Waals surface area (Å²) in [5.41, 5.74) is 1.79. The van der Waals surface area contributed by atoms with Crippen LogP contribution in [-0.4, -0.2) is 11.0 Å². The zero-order chi connectivity index (χ0) is 12.5. The molecule has 3 atom stereocenters. The van der Waals surface area contributed by atoms with Crippen molar-refractivity contribution >= 4 is 17.1 Å². The number of rotatable bonds is 2. The molecule has 1 N–H and O–H groups in total. The minimum Gasteiger partial charge on any atom is -0.424 e. The summed E-state index contributed by atoms with van der Waals surface area (Å²) in [5.74, 6) is 1.45. The van der Waals surface area contributed by atoms with Crippen LogP contribution in [0.5, 0.6) is 0 Å². The van der Waals surface area contributed by atoms with Gasteiger partial charge in [0.05, 0.1) is 0 Å². The minimum absolute atomic E-state index is 0.488. The molecule has 0 radical (unpaired) electrons. The molecule has 1 aliphatic rings. The lowest BCUT2D eigenvalue weighted by atomic mass is 9.78. The van der Waals surface area contributed by atoms with Gasteiger partial charge in [0.25, 0.3) is 6.01 Å². The number of anilines is 1. The van der Waals surface area contributed by atoms with Crippen LogP contribution in [0.1, 0.15) is 33.1 Å². The topological polar surface area (TPSA) is 38.1 Å². The van der Waals surface area contributed by atoms with Crippen molar-refractivity contribution in [1.82, 2.24) is 4.98 Å². The Balaban J connectivity index is 1.79. The Bertz CT molecular complexity index is 501. The van der Waals surface area contributed by atoms with Gasteiger partial charge >= 0.3 is 0 Å². The summed E-state index contributed by atoms with van der Waals surface area (Å²) in [7, 11) is 0. The van der Waals surface area contributed by atoms with Gasteiger partial charge in [-0.3, -0.25) is 0 Å². The van der Waals surface area contributed by atoms with Crippen LogP contribution in [0.15, 0.2) is 28.7 Å². The average molecular weight is 244 g/mol. The number of hydrogen-bond donors (Lipinski definition) is 1. The maximum Gasteiger partial charge on any atom is 0.295 e. The van der Waals surface area contributed by atoms with Crippen molar-refractivity contribution in [3.8, 4) is 0 Å². The number of nitrogens with zero attached hydrogens (tertiary/aromatic N) is 1. The molecule has 0 aliphatic heterocycles. The fourth-order valence-corrected chi connectivity index (χ4v) is 2.88. The van der Waals surface area contributed by atoms with Crippen LogP contribution < -0.4 is 5.32 Å². The zero-order valence-electron chi connectivity index (χ0n) is 11.0. The van der Waals surface area contributed by atoms with E-state index in [4.69, 9.17) is 4.42 Å². The van der Waals surface area contributed by atoms with Crippen LogP contribution in [0.4, 0.5) is 6.01 Å². The highest BCUT2D eigenvalue weighted by Crippen LogP contribution is 2.32. The molecule has 3 nitrogen and oxygen atoms in total. The number of oxazole rings is 1. The molecule has 96 valence electrons. The van der Waals surface area contributed by atoms with Crippen LogP contribution >= 0.6 is 0 Å². The molecule has 1 aliphatic carbocycles. The minimum atomic E-state index is 0.488. The standard InChI is InChI=1S/C15H20N2O/c1-10-6-5-8-12(11(10)2)16-15-17-13-7-3-4-9-14(13)18-15/h3-4,7,9-12H,5-6,8H2,1-2H3,(H,16,17)/t10-,11-,12-/m1/s1. The second-order valence-corrected chi connectivity index (χ2v) is 5.50. The lowest BCUT2D eigenvalue weighted by Gasteiger charge is -2.34. The molecule has 1 aromatic heterocycles. The molecule has 0 bridgehead atoms. The Hall–Kier alpha value is -1.51. The van der Waals surface area contributed by atoms with Crippen molar-refractivity contribution in [1.29, 1.82) is 0 Å².